The zero-order chi connectivity index (χ0) is 20.9. The second-order valence-electron chi connectivity index (χ2n) is 7.09. The number of hydrogen-bond donors (Lipinski definition) is 1. The van der Waals surface area contributed by atoms with Crippen molar-refractivity contribution in [3.8, 4) is 16.3 Å². The second kappa shape index (κ2) is 8.88. The van der Waals surface area contributed by atoms with Crippen molar-refractivity contribution >= 4 is 23.5 Å². The van der Waals surface area contributed by atoms with Crippen LogP contribution in [0.1, 0.15) is 22.3 Å². The fourth-order valence-corrected chi connectivity index (χ4v) is 3.91. The molecule has 0 saturated carbocycles. The molecule has 4 rings (SSSR count). The van der Waals surface area contributed by atoms with Crippen molar-refractivity contribution in [1.82, 2.24) is 15.2 Å². The predicted octanol–water partition coefficient (Wildman–Crippen LogP) is 4.91. The molecule has 0 fully saturated rings. The molecule has 0 bridgehead atoms. The van der Waals surface area contributed by atoms with E-state index in [4.69, 9.17) is 5.10 Å². The van der Waals surface area contributed by atoms with Crippen LogP contribution in [0.2, 0.25) is 0 Å². The molecule has 0 aliphatic heterocycles. The molecule has 1 N–H and O–H groups in total. The van der Waals surface area contributed by atoms with Crippen molar-refractivity contribution in [2.45, 2.75) is 20.3 Å². The van der Waals surface area contributed by atoms with Gasteiger partial charge in [-0.2, -0.15) is 10.2 Å². The Labute approximate surface area is 179 Å². The van der Waals surface area contributed by atoms with Crippen LogP contribution < -0.4 is 5.43 Å². The monoisotopic (exact) mass is 414 g/mol. The highest BCUT2D eigenvalue weighted by molar-refractivity contribution is 7.13. The Balaban J connectivity index is 1.53. The van der Waals surface area contributed by atoms with Crippen LogP contribution in [0.4, 0.5) is 0 Å². The molecule has 150 valence electrons. The summed E-state index contributed by atoms with van der Waals surface area (Å²) < 4.78 is 1.83. The highest BCUT2D eigenvalue weighted by Crippen LogP contribution is 2.26. The van der Waals surface area contributed by atoms with Gasteiger partial charge in [0.05, 0.1) is 23.2 Å². The van der Waals surface area contributed by atoms with E-state index in [1.54, 1.807) is 17.6 Å². The number of thiophene rings is 1. The van der Waals surface area contributed by atoms with Gasteiger partial charge >= 0.3 is 0 Å². The number of carbonyl (C=O) groups is 1. The lowest BCUT2D eigenvalue weighted by molar-refractivity contribution is -0.120. The van der Waals surface area contributed by atoms with Gasteiger partial charge in [0.15, 0.2) is 0 Å². The molecule has 0 radical (unpaired) electrons. The lowest BCUT2D eigenvalue weighted by atomic mass is 10.0. The van der Waals surface area contributed by atoms with Crippen molar-refractivity contribution in [1.29, 1.82) is 0 Å². The Morgan fingerprint density at radius 3 is 2.73 bits per heavy atom. The van der Waals surface area contributed by atoms with E-state index in [0.29, 0.717) is 6.42 Å². The molecular formula is C24H22N4OS. The number of nitrogens with one attached hydrogen (secondary N) is 1. The lowest BCUT2D eigenvalue weighted by Crippen LogP contribution is -2.20. The van der Waals surface area contributed by atoms with Gasteiger partial charge < -0.3 is 0 Å². The molecule has 6 heteroatoms. The minimum Gasteiger partial charge on any atom is -0.273 e. The van der Waals surface area contributed by atoms with Crippen molar-refractivity contribution in [3.63, 3.8) is 0 Å². The Kier molecular flexibility index (Phi) is 5.86. The van der Waals surface area contributed by atoms with Gasteiger partial charge in [0.25, 0.3) is 0 Å². The van der Waals surface area contributed by atoms with Crippen molar-refractivity contribution in [3.05, 3.63) is 94.5 Å². The van der Waals surface area contributed by atoms with Gasteiger partial charge in [0, 0.05) is 11.8 Å². The van der Waals surface area contributed by atoms with E-state index < -0.39 is 0 Å². The molecule has 0 unspecified atom stereocenters. The fraction of sp³-hybridized carbons (Fsp3) is 0.125. The number of benzene rings is 2. The van der Waals surface area contributed by atoms with Gasteiger partial charge in [0.2, 0.25) is 5.91 Å². The Morgan fingerprint density at radius 1 is 1.13 bits per heavy atom. The van der Waals surface area contributed by atoms with Gasteiger partial charge in [-0.25, -0.2) is 10.1 Å². The summed E-state index contributed by atoms with van der Waals surface area (Å²) in [5.74, 6) is -0.145. The SMILES string of the molecule is Cc1ccc(C)c(CC(=O)N/N=C\c2cn(-c3ccccc3)nc2-c2cccs2)c1. The predicted molar refractivity (Wildman–Crippen MR) is 122 cm³/mol. The van der Waals surface area contributed by atoms with Crippen molar-refractivity contribution < 1.29 is 4.79 Å². The molecule has 2 aromatic carbocycles. The molecule has 0 atom stereocenters. The Morgan fingerprint density at radius 2 is 1.97 bits per heavy atom. The summed E-state index contributed by atoms with van der Waals surface area (Å²) in [6.07, 6.45) is 3.87. The molecule has 0 spiro atoms. The fourth-order valence-electron chi connectivity index (χ4n) is 3.18. The molecule has 4 aromatic rings. The quantitative estimate of drug-likeness (QED) is 0.360. The molecule has 5 nitrogen and oxygen atoms in total. The van der Waals surface area contributed by atoms with Crippen LogP contribution in [0.15, 0.2) is 77.3 Å². The number of hydrazone groups is 1. The van der Waals surface area contributed by atoms with Crippen LogP contribution in [0, 0.1) is 13.8 Å². The molecule has 0 saturated heterocycles. The summed E-state index contributed by atoms with van der Waals surface area (Å²) >= 11 is 1.62. The standard InChI is InChI=1S/C24H22N4OS/c1-17-10-11-18(2)19(13-17)14-23(29)26-25-15-20-16-28(21-7-4-3-5-8-21)27-24(20)22-9-6-12-30-22/h3-13,15-16H,14H2,1-2H3,(H,26,29)/b25-15-. The van der Waals surface area contributed by atoms with Crippen molar-refractivity contribution in [2.75, 3.05) is 0 Å². The first kappa shape index (κ1) is 19.8. The first-order valence-electron chi connectivity index (χ1n) is 9.67. The van der Waals surface area contributed by atoms with Gasteiger partial charge in [0.1, 0.15) is 5.69 Å². The zero-order valence-corrected chi connectivity index (χ0v) is 17.7. The largest absolute Gasteiger partial charge is 0.273 e. The molecule has 0 aliphatic rings. The van der Waals surface area contributed by atoms with Gasteiger partial charge in [-0.1, -0.05) is 48.0 Å². The number of carbonyl (C=O) groups excluding carboxylic acids is 1. The maximum atomic E-state index is 12.4. The van der Waals surface area contributed by atoms with Gasteiger partial charge in [-0.3, -0.25) is 4.79 Å². The number of rotatable bonds is 6. The number of hydrogen-bond acceptors (Lipinski definition) is 4. The van der Waals surface area contributed by atoms with E-state index in [1.807, 2.05) is 90.8 Å². The topological polar surface area (TPSA) is 59.3 Å². The summed E-state index contributed by atoms with van der Waals surface area (Å²) in [6.45, 7) is 4.03. The molecular weight excluding hydrogens is 392 g/mol. The minimum absolute atomic E-state index is 0.145. The second-order valence-corrected chi connectivity index (χ2v) is 8.04. The Hall–Kier alpha value is -3.51. The zero-order valence-electron chi connectivity index (χ0n) is 16.9. The summed E-state index contributed by atoms with van der Waals surface area (Å²) in [5.41, 5.74) is 8.54. The van der Waals surface area contributed by atoms with Crippen LogP contribution in [-0.2, 0) is 11.2 Å². The van der Waals surface area contributed by atoms with Crippen LogP contribution in [0.3, 0.4) is 0 Å². The normalized spacial score (nSPS) is 11.1. The molecule has 2 aromatic heterocycles. The molecule has 0 aliphatic carbocycles. The van der Waals surface area contributed by atoms with Crippen LogP contribution >= 0.6 is 11.3 Å². The lowest BCUT2D eigenvalue weighted by Gasteiger charge is -2.05. The maximum absolute atomic E-state index is 12.4. The van der Waals surface area contributed by atoms with Crippen molar-refractivity contribution in [2.24, 2.45) is 5.10 Å². The first-order valence-corrected chi connectivity index (χ1v) is 10.5. The third-order valence-electron chi connectivity index (χ3n) is 4.77. The highest BCUT2D eigenvalue weighted by atomic mass is 32.1. The number of amides is 1. The van der Waals surface area contributed by atoms with Gasteiger partial charge in [-0.15, -0.1) is 11.3 Å². The van der Waals surface area contributed by atoms with E-state index >= 15 is 0 Å². The number of nitrogens with zero attached hydrogens (tertiary/aromatic N) is 3. The minimum atomic E-state index is -0.145. The van der Waals surface area contributed by atoms with E-state index in [0.717, 1.165) is 38.5 Å². The highest BCUT2D eigenvalue weighted by Gasteiger charge is 2.12. The van der Waals surface area contributed by atoms with E-state index in [-0.39, 0.29) is 5.91 Å². The average molecular weight is 415 g/mol. The molecule has 1 amide bonds. The number of para-hydroxylation sites is 1. The van der Waals surface area contributed by atoms with Crippen LogP contribution in [-0.4, -0.2) is 21.9 Å². The van der Waals surface area contributed by atoms with Crippen LogP contribution in [0.25, 0.3) is 16.3 Å². The first-order chi connectivity index (χ1) is 14.6. The average Bonchev–Trinajstić information content (AvgIpc) is 3.41. The molecule has 30 heavy (non-hydrogen) atoms. The summed E-state index contributed by atoms with van der Waals surface area (Å²) in [4.78, 5) is 13.4. The van der Waals surface area contributed by atoms with E-state index in [1.165, 1.54) is 0 Å². The number of aromatic nitrogens is 2. The molecule has 2 heterocycles. The third-order valence-corrected chi connectivity index (χ3v) is 5.64. The third kappa shape index (κ3) is 4.55. The maximum Gasteiger partial charge on any atom is 0.244 e. The summed E-state index contributed by atoms with van der Waals surface area (Å²) in [5, 5.41) is 10.9. The smallest absolute Gasteiger partial charge is 0.244 e. The van der Waals surface area contributed by atoms with E-state index in [2.05, 4.69) is 10.5 Å². The number of aryl methyl sites for hydroxylation is 2. The Bertz CT molecular complexity index is 1180. The van der Waals surface area contributed by atoms with Gasteiger partial charge in [-0.05, 0) is 48.6 Å². The summed E-state index contributed by atoms with van der Waals surface area (Å²) in [6, 6.07) is 20.1. The summed E-state index contributed by atoms with van der Waals surface area (Å²) in [7, 11) is 0. The van der Waals surface area contributed by atoms with Crippen LogP contribution in [0.5, 0.6) is 0 Å². The van der Waals surface area contributed by atoms with E-state index in [9.17, 15) is 4.79 Å².